The summed E-state index contributed by atoms with van der Waals surface area (Å²) in [5.41, 5.74) is 5.58. The number of anilines is 1. The lowest BCUT2D eigenvalue weighted by Gasteiger charge is -2.09. The maximum atomic E-state index is 12.3. The molecule has 0 aromatic carbocycles. The van der Waals surface area contributed by atoms with Crippen molar-refractivity contribution in [1.82, 2.24) is 4.98 Å². The fraction of sp³-hybridized carbons (Fsp3) is 0.375. The summed E-state index contributed by atoms with van der Waals surface area (Å²) in [5, 5.41) is 0. The third kappa shape index (κ3) is 2.04. The molecule has 0 saturated carbocycles. The molecule has 1 aromatic rings. The van der Waals surface area contributed by atoms with Gasteiger partial charge in [-0.1, -0.05) is 0 Å². The van der Waals surface area contributed by atoms with E-state index in [9.17, 15) is 8.78 Å². The van der Waals surface area contributed by atoms with Gasteiger partial charge < -0.3 is 10.5 Å². The van der Waals surface area contributed by atoms with Crippen molar-refractivity contribution in [2.24, 2.45) is 0 Å². The molecule has 3 nitrogen and oxygen atoms in total. The molecule has 2 N–H and O–H groups in total. The number of ether oxygens (including phenoxy) is 1. The van der Waals surface area contributed by atoms with Crippen LogP contribution in [0.25, 0.3) is 0 Å². The van der Waals surface area contributed by atoms with E-state index in [2.05, 4.69) is 4.98 Å². The Labute approximate surface area is 84.8 Å². The number of nitrogens with two attached hydrogens (primary N) is 1. The van der Waals surface area contributed by atoms with Crippen molar-refractivity contribution < 1.29 is 13.5 Å². The number of hydrogen-bond acceptors (Lipinski definition) is 3. The summed E-state index contributed by atoms with van der Waals surface area (Å²) in [4.78, 5) is 3.61. The fourth-order valence-electron chi connectivity index (χ4n) is 0.985. The highest BCUT2D eigenvalue weighted by molar-refractivity contribution is 6.17. The molecule has 0 aliphatic rings. The minimum Gasteiger partial charge on any atom is -0.494 e. The van der Waals surface area contributed by atoms with Crippen molar-refractivity contribution in [3.63, 3.8) is 0 Å². The zero-order valence-electron chi connectivity index (χ0n) is 7.43. The predicted molar refractivity (Wildman–Crippen MR) is 49.7 cm³/mol. The monoisotopic (exact) mass is 222 g/mol. The number of pyridine rings is 1. The molecular weight excluding hydrogens is 214 g/mol. The topological polar surface area (TPSA) is 48.1 Å². The van der Waals surface area contributed by atoms with E-state index in [1.807, 2.05) is 0 Å². The molecule has 78 valence electrons. The van der Waals surface area contributed by atoms with Crippen LogP contribution >= 0.6 is 11.6 Å². The lowest BCUT2D eigenvalue weighted by molar-refractivity contribution is 0.145. The van der Waals surface area contributed by atoms with Crippen molar-refractivity contribution in [3.05, 3.63) is 17.5 Å². The van der Waals surface area contributed by atoms with Gasteiger partial charge in [0.15, 0.2) is 0 Å². The molecule has 0 bridgehead atoms. The number of hydrogen-bond donors (Lipinski definition) is 1. The SMILES string of the molecule is COc1cc(C(F)F)nc(CCl)c1N. The van der Waals surface area contributed by atoms with Gasteiger partial charge in [-0.3, -0.25) is 0 Å². The number of halogens is 3. The third-order valence-electron chi connectivity index (χ3n) is 1.69. The molecular formula is C8H9ClF2N2O. The zero-order valence-corrected chi connectivity index (χ0v) is 8.18. The van der Waals surface area contributed by atoms with Crippen LogP contribution in [0.15, 0.2) is 6.07 Å². The lowest BCUT2D eigenvalue weighted by atomic mass is 10.2. The van der Waals surface area contributed by atoms with Crippen molar-refractivity contribution in [2.75, 3.05) is 12.8 Å². The molecule has 1 aromatic heterocycles. The van der Waals surface area contributed by atoms with Gasteiger partial charge in [0.2, 0.25) is 0 Å². The highest BCUT2D eigenvalue weighted by Crippen LogP contribution is 2.29. The van der Waals surface area contributed by atoms with Gasteiger partial charge in [0.05, 0.1) is 24.4 Å². The molecule has 0 aliphatic heterocycles. The van der Waals surface area contributed by atoms with Gasteiger partial charge in [0, 0.05) is 6.07 Å². The number of alkyl halides is 3. The minimum absolute atomic E-state index is 0.0250. The van der Waals surface area contributed by atoms with E-state index in [-0.39, 0.29) is 28.7 Å². The molecule has 0 saturated heterocycles. The van der Waals surface area contributed by atoms with E-state index in [4.69, 9.17) is 22.1 Å². The van der Waals surface area contributed by atoms with Crippen LogP contribution in [0.3, 0.4) is 0 Å². The van der Waals surface area contributed by atoms with Crippen molar-refractivity contribution >= 4 is 17.3 Å². The Balaban J connectivity index is 3.25. The second-order valence-electron chi connectivity index (χ2n) is 2.54. The van der Waals surface area contributed by atoms with Crippen LogP contribution in [0.1, 0.15) is 17.8 Å². The summed E-state index contributed by atoms with van der Waals surface area (Å²) in [6.07, 6.45) is -2.66. The second-order valence-corrected chi connectivity index (χ2v) is 2.81. The molecule has 1 heterocycles. The molecule has 0 aliphatic carbocycles. The summed E-state index contributed by atoms with van der Waals surface area (Å²) >= 11 is 5.49. The first-order valence-corrected chi connectivity index (χ1v) is 4.31. The van der Waals surface area contributed by atoms with Crippen LogP contribution in [0.2, 0.25) is 0 Å². The van der Waals surface area contributed by atoms with Gasteiger partial charge in [-0.05, 0) is 0 Å². The number of rotatable bonds is 3. The normalized spacial score (nSPS) is 10.6. The Hall–Kier alpha value is -1.10. The number of nitrogens with zero attached hydrogens (tertiary/aromatic N) is 1. The fourth-order valence-corrected chi connectivity index (χ4v) is 1.19. The number of nitrogen functional groups attached to an aromatic ring is 1. The van der Waals surface area contributed by atoms with Crippen molar-refractivity contribution in [3.8, 4) is 5.75 Å². The van der Waals surface area contributed by atoms with E-state index < -0.39 is 6.43 Å². The van der Waals surface area contributed by atoms with E-state index in [1.54, 1.807) is 0 Å². The summed E-state index contributed by atoms with van der Waals surface area (Å²) in [5.74, 6) is 0.147. The molecule has 14 heavy (non-hydrogen) atoms. The van der Waals surface area contributed by atoms with Crippen LogP contribution in [0, 0.1) is 0 Å². The van der Waals surface area contributed by atoms with Crippen molar-refractivity contribution in [2.45, 2.75) is 12.3 Å². The Kier molecular flexibility index (Phi) is 3.46. The van der Waals surface area contributed by atoms with Crippen LogP contribution in [0.4, 0.5) is 14.5 Å². The van der Waals surface area contributed by atoms with Gasteiger partial charge in [0.25, 0.3) is 6.43 Å². The van der Waals surface area contributed by atoms with Crippen LogP contribution in [-0.4, -0.2) is 12.1 Å². The zero-order chi connectivity index (χ0) is 10.7. The molecule has 0 radical (unpaired) electrons. The minimum atomic E-state index is -2.66. The van der Waals surface area contributed by atoms with Crippen LogP contribution < -0.4 is 10.5 Å². The third-order valence-corrected chi connectivity index (χ3v) is 1.94. The van der Waals surface area contributed by atoms with E-state index in [0.29, 0.717) is 0 Å². The quantitative estimate of drug-likeness (QED) is 0.799. The molecule has 0 spiro atoms. The molecule has 0 fully saturated rings. The maximum absolute atomic E-state index is 12.3. The molecule has 0 atom stereocenters. The van der Waals surface area contributed by atoms with Gasteiger partial charge in [-0.25, -0.2) is 13.8 Å². The highest BCUT2D eigenvalue weighted by Gasteiger charge is 2.15. The standard InChI is InChI=1S/C8H9ClF2N2O/c1-14-6-2-4(8(10)11)13-5(3-9)7(6)12/h2,8H,3,12H2,1H3. The van der Waals surface area contributed by atoms with Crippen LogP contribution in [-0.2, 0) is 5.88 Å². The summed E-state index contributed by atoms with van der Waals surface area (Å²) < 4.78 is 29.5. The van der Waals surface area contributed by atoms with Crippen molar-refractivity contribution in [1.29, 1.82) is 0 Å². The first-order valence-electron chi connectivity index (χ1n) is 3.77. The summed E-state index contributed by atoms with van der Waals surface area (Å²) in [6.45, 7) is 0. The molecule has 0 unspecified atom stereocenters. The highest BCUT2D eigenvalue weighted by atomic mass is 35.5. The van der Waals surface area contributed by atoms with E-state index in [0.717, 1.165) is 6.07 Å². The molecule has 1 rings (SSSR count). The largest absolute Gasteiger partial charge is 0.494 e. The Bertz CT molecular complexity index is 308. The van der Waals surface area contributed by atoms with Gasteiger partial charge in [-0.2, -0.15) is 0 Å². The Morgan fingerprint density at radius 3 is 2.71 bits per heavy atom. The maximum Gasteiger partial charge on any atom is 0.280 e. The Morgan fingerprint density at radius 1 is 1.64 bits per heavy atom. The first-order chi connectivity index (χ1) is 6.60. The second kappa shape index (κ2) is 4.41. The average Bonchev–Trinajstić information content (AvgIpc) is 2.17. The smallest absolute Gasteiger partial charge is 0.280 e. The van der Waals surface area contributed by atoms with Crippen LogP contribution in [0.5, 0.6) is 5.75 Å². The van der Waals surface area contributed by atoms with Gasteiger partial charge >= 0.3 is 0 Å². The Morgan fingerprint density at radius 2 is 2.29 bits per heavy atom. The number of aromatic nitrogens is 1. The first kappa shape index (κ1) is 11.0. The summed E-state index contributed by atoms with van der Waals surface area (Å²) in [7, 11) is 1.35. The van der Waals surface area contributed by atoms with E-state index >= 15 is 0 Å². The van der Waals surface area contributed by atoms with E-state index in [1.165, 1.54) is 7.11 Å². The number of methoxy groups -OCH3 is 1. The molecule has 6 heteroatoms. The predicted octanol–water partition coefficient (Wildman–Crippen LogP) is 2.35. The van der Waals surface area contributed by atoms with Gasteiger partial charge in [0.1, 0.15) is 11.4 Å². The molecule has 0 amide bonds. The summed E-state index contributed by atoms with van der Waals surface area (Å²) in [6, 6.07) is 1.11. The lowest BCUT2D eigenvalue weighted by Crippen LogP contribution is -2.03. The van der Waals surface area contributed by atoms with Gasteiger partial charge in [-0.15, -0.1) is 11.6 Å². The average molecular weight is 223 g/mol.